The van der Waals surface area contributed by atoms with E-state index < -0.39 is 6.04 Å². The molecule has 2 aromatic carbocycles. The molecule has 2 aromatic rings. The van der Waals surface area contributed by atoms with Crippen molar-refractivity contribution in [3.05, 3.63) is 63.1 Å². The Morgan fingerprint density at radius 3 is 2.38 bits per heavy atom. The minimum atomic E-state index is -0.592. The maximum Gasteiger partial charge on any atom is 0.242 e. The largest absolute Gasteiger partial charge is 0.357 e. The number of hydrogen-bond donors (Lipinski definition) is 1. The summed E-state index contributed by atoms with van der Waals surface area (Å²) in [7, 11) is 1.56. The van der Waals surface area contributed by atoms with Gasteiger partial charge in [0.2, 0.25) is 11.8 Å². The predicted molar refractivity (Wildman–Crippen MR) is 122 cm³/mol. The lowest BCUT2D eigenvalue weighted by Gasteiger charge is -2.28. The van der Waals surface area contributed by atoms with Crippen molar-refractivity contribution in [1.82, 2.24) is 10.2 Å². The Bertz CT molecular complexity index is 846. The highest BCUT2D eigenvalue weighted by atomic mass is 35.5. The summed E-state index contributed by atoms with van der Waals surface area (Å²) in [6.45, 7) is 2.01. The first-order valence-corrected chi connectivity index (χ1v) is 11.3. The van der Waals surface area contributed by atoms with Gasteiger partial charge in [0.25, 0.3) is 0 Å². The van der Waals surface area contributed by atoms with E-state index in [-0.39, 0.29) is 18.4 Å². The monoisotopic (exact) mass is 472 g/mol. The molecule has 1 atom stereocenters. The van der Waals surface area contributed by atoms with Gasteiger partial charge in [-0.15, -0.1) is 11.8 Å². The number of thioether (sulfide) groups is 1. The van der Waals surface area contributed by atoms with Crippen LogP contribution in [0, 0.1) is 0 Å². The summed E-state index contributed by atoms with van der Waals surface area (Å²) in [5, 5.41) is 4.18. The van der Waals surface area contributed by atoms with Gasteiger partial charge >= 0.3 is 0 Å². The molecule has 4 nitrogen and oxygen atoms in total. The standard InChI is InChI=1S/C21H23Cl3N2O2S/c1-14(21(28)25-2)26(13-15-5-10-18(23)19(24)12-15)20(27)4-3-11-29-17-8-6-16(22)7-9-17/h5-10,12,14H,3-4,11,13H2,1-2H3,(H,25,28). The maximum atomic E-state index is 12.9. The van der Waals surface area contributed by atoms with Crippen LogP contribution in [-0.4, -0.2) is 35.6 Å². The van der Waals surface area contributed by atoms with Gasteiger partial charge in [-0.3, -0.25) is 9.59 Å². The molecule has 0 saturated carbocycles. The topological polar surface area (TPSA) is 49.4 Å². The number of hydrogen-bond acceptors (Lipinski definition) is 3. The molecule has 0 fully saturated rings. The summed E-state index contributed by atoms with van der Waals surface area (Å²) in [4.78, 5) is 27.7. The lowest BCUT2D eigenvalue weighted by molar-refractivity contribution is -0.140. The molecular weight excluding hydrogens is 451 g/mol. The SMILES string of the molecule is CNC(=O)C(C)N(Cc1ccc(Cl)c(Cl)c1)C(=O)CCCSc1ccc(Cl)cc1. The molecule has 0 radical (unpaired) electrons. The van der Waals surface area contributed by atoms with Crippen LogP contribution in [0.25, 0.3) is 0 Å². The van der Waals surface area contributed by atoms with Gasteiger partial charge in [-0.25, -0.2) is 0 Å². The quantitative estimate of drug-likeness (QED) is 0.376. The predicted octanol–water partition coefficient (Wildman–Crippen LogP) is 5.68. The van der Waals surface area contributed by atoms with Gasteiger partial charge in [-0.2, -0.15) is 0 Å². The van der Waals surface area contributed by atoms with E-state index in [1.54, 1.807) is 48.8 Å². The van der Waals surface area contributed by atoms with Crippen LogP contribution in [-0.2, 0) is 16.1 Å². The normalized spacial score (nSPS) is 11.8. The zero-order valence-corrected chi connectivity index (χ0v) is 19.3. The summed E-state index contributed by atoms with van der Waals surface area (Å²) in [5.41, 5.74) is 0.819. The summed E-state index contributed by atoms with van der Waals surface area (Å²) in [5.74, 6) is 0.500. The van der Waals surface area contributed by atoms with E-state index in [0.29, 0.717) is 27.9 Å². The Kier molecular flexibility index (Phi) is 9.63. The van der Waals surface area contributed by atoms with Gasteiger partial charge in [0.05, 0.1) is 10.0 Å². The van der Waals surface area contributed by atoms with Crippen molar-refractivity contribution in [1.29, 1.82) is 0 Å². The van der Waals surface area contributed by atoms with E-state index in [1.807, 2.05) is 24.3 Å². The van der Waals surface area contributed by atoms with Gasteiger partial charge in [-0.1, -0.05) is 40.9 Å². The Balaban J connectivity index is 1.98. The minimum absolute atomic E-state index is 0.0797. The lowest BCUT2D eigenvalue weighted by Crippen LogP contribution is -2.46. The first-order chi connectivity index (χ1) is 13.8. The van der Waals surface area contributed by atoms with Crippen molar-refractivity contribution >= 4 is 58.4 Å². The molecule has 156 valence electrons. The zero-order valence-electron chi connectivity index (χ0n) is 16.3. The first-order valence-electron chi connectivity index (χ1n) is 9.15. The smallest absolute Gasteiger partial charge is 0.242 e. The molecule has 0 spiro atoms. The highest BCUT2D eigenvalue weighted by molar-refractivity contribution is 7.99. The maximum absolute atomic E-state index is 12.9. The number of likely N-dealkylation sites (N-methyl/N-ethyl adjacent to an activating group) is 1. The molecule has 0 aliphatic carbocycles. The molecular formula is C21H23Cl3N2O2S. The number of carbonyl (C=O) groups is 2. The van der Waals surface area contributed by atoms with Crippen LogP contribution >= 0.6 is 46.6 Å². The van der Waals surface area contributed by atoms with E-state index >= 15 is 0 Å². The average molecular weight is 474 g/mol. The fourth-order valence-corrected chi connectivity index (χ4v) is 4.01. The molecule has 0 aliphatic rings. The molecule has 0 heterocycles. The van der Waals surface area contributed by atoms with Gasteiger partial charge in [0, 0.05) is 29.9 Å². The molecule has 29 heavy (non-hydrogen) atoms. The Hall–Kier alpha value is -1.40. The van der Waals surface area contributed by atoms with Crippen LogP contribution in [0.4, 0.5) is 0 Å². The van der Waals surface area contributed by atoms with Crippen molar-refractivity contribution in [3.63, 3.8) is 0 Å². The lowest BCUT2D eigenvalue weighted by atomic mass is 10.1. The number of benzene rings is 2. The van der Waals surface area contributed by atoms with Crippen LogP contribution in [0.3, 0.4) is 0 Å². The highest BCUT2D eigenvalue weighted by Gasteiger charge is 2.25. The number of halogens is 3. The minimum Gasteiger partial charge on any atom is -0.357 e. The third-order valence-corrected chi connectivity index (χ3v) is 6.46. The number of nitrogens with one attached hydrogen (secondary N) is 1. The van der Waals surface area contributed by atoms with Gasteiger partial charge in [-0.05, 0) is 61.1 Å². The number of amides is 2. The van der Waals surface area contributed by atoms with Crippen molar-refractivity contribution < 1.29 is 9.59 Å². The second-order valence-corrected chi connectivity index (χ2v) is 8.89. The van der Waals surface area contributed by atoms with Crippen LogP contribution in [0.1, 0.15) is 25.3 Å². The van der Waals surface area contributed by atoms with E-state index in [4.69, 9.17) is 34.8 Å². The Labute approximate surface area is 190 Å². The van der Waals surface area contributed by atoms with Crippen molar-refractivity contribution in [2.75, 3.05) is 12.8 Å². The van der Waals surface area contributed by atoms with Crippen molar-refractivity contribution in [2.24, 2.45) is 0 Å². The summed E-state index contributed by atoms with van der Waals surface area (Å²) in [6.07, 6.45) is 1.05. The van der Waals surface area contributed by atoms with Crippen molar-refractivity contribution in [2.45, 2.75) is 37.2 Å². The summed E-state index contributed by atoms with van der Waals surface area (Å²) in [6, 6.07) is 12.2. The fourth-order valence-electron chi connectivity index (χ4n) is 2.71. The van der Waals surface area contributed by atoms with E-state index in [9.17, 15) is 9.59 Å². The highest BCUT2D eigenvalue weighted by Crippen LogP contribution is 2.25. The second kappa shape index (κ2) is 11.7. The van der Waals surface area contributed by atoms with E-state index in [1.165, 1.54) is 0 Å². The van der Waals surface area contributed by atoms with Gasteiger partial charge in [0.15, 0.2) is 0 Å². The molecule has 8 heteroatoms. The number of rotatable bonds is 9. The third kappa shape index (κ3) is 7.41. The summed E-state index contributed by atoms with van der Waals surface area (Å²) < 4.78 is 0. The second-order valence-electron chi connectivity index (χ2n) is 6.47. The average Bonchev–Trinajstić information content (AvgIpc) is 2.72. The van der Waals surface area contributed by atoms with Crippen LogP contribution in [0.2, 0.25) is 15.1 Å². The number of carbonyl (C=O) groups excluding carboxylic acids is 2. The molecule has 2 rings (SSSR count). The molecule has 0 bridgehead atoms. The molecule has 0 aliphatic heterocycles. The van der Waals surface area contributed by atoms with E-state index in [2.05, 4.69) is 5.32 Å². The Morgan fingerprint density at radius 2 is 1.76 bits per heavy atom. The van der Waals surface area contributed by atoms with E-state index in [0.717, 1.165) is 16.2 Å². The molecule has 1 N–H and O–H groups in total. The number of nitrogens with zero attached hydrogens (tertiary/aromatic N) is 1. The third-order valence-electron chi connectivity index (χ3n) is 4.37. The van der Waals surface area contributed by atoms with Crippen molar-refractivity contribution in [3.8, 4) is 0 Å². The van der Waals surface area contributed by atoms with Gasteiger partial charge in [0.1, 0.15) is 6.04 Å². The summed E-state index contributed by atoms with van der Waals surface area (Å²) >= 11 is 19.6. The molecule has 2 amide bonds. The molecule has 0 saturated heterocycles. The molecule has 0 aromatic heterocycles. The first kappa shape index (κ1) is 23.9. The van der Waals surface area contributed by atoms with Gasteiger partial charge < -0.3 is 10.2 Å². The fraction of sp³-hybridized carbons (Fsp3) is 0.333. The van der Waals surface area contributed by atoms with Crippen LogP contribution in [0.5, 0.6) is 0 Å². The van der Waals surface area contributed by atoms with Crippen LogP contribution in [0.15, 0.2) is 47.4 Å². The van der Waals surface area contributed by atoms with Crippen LogP contribution < -0.4 is 5.32 Å². The zero-order chi connectivity index (χ0) is 21.4. The Morgan fingerprint density at radius 1 is 1.07 bits per heavy atom. The molecule has 1 unspecified atom stereocenters.